The fraction of sp³-hybridized carbons (Fsp3) is 0.645. The first kappa shape index (κ1) is 31.1. The number of hydrogen-bond donors (Lipinski definition) is 3. The Hall–Kier alpha value is -1.91. The van der Waals surface area contributed by atoms with Crippen molar-refractivity contribution in [1.82, 2.24) is 16.0 Å². The van der Waals surface area contributed by atoms with Crippen LogP contribution in [0.4, 0.5) is 0 Å². The zero-order valence-corrected chi connectivity index (χ0v) is 23.3. The third-order valence-electron chi connectivity index (χ3n) is 7.32. The van der Waals surface area contributed by atoms with Gasteiger partial charge >= 0.3 is 0 Å². The van der Waals surface area contributed by atoms with Crippen LogP contribution in [-0.4, -0.2) is 38.0 Å². The molecular formula is C31H53N3O. The Morgan fingerprint density at radius 1 is 1.11 bits per heavy atom. The second-order valence-electron chi connectivity index (χ2n) is 10.6. The number of unbranched alkanes of at least 4 members (excludes halogenated alkanes) is 1. The zero-order chi connectivity index (χ0) is 26.1. The maximum atomic E-state index is 11.4. The molecule has 198 valence electrons. The molecule has 2 rings (SSSR count). The molecule has 1 aromatic rings. The van der Waals surface area contributed by atoms with Crippen molar-refractivity contribution >= 4 is 5.78 Å². The number of rotatable bonds is 16. The lowest BCUT2D eigenvalue weighted by molar-refractivity contribution is -0.116. The van der Waals surface area contributed by atoms with E-state index in [0.29, 0.717) is 18.5 Å². The average molecular weight is 484 g/mol. The predicted molar refractivity (Wildman–Crippen MR) is 153 cm³/mol. The molecule has 2 unspecified atom stereocenters. The normalized spacial score (nSPS) is 16.0. The number of benzene rings is 1. The highest BCUT2D eigenvalue weighted by Crippen LogP contribution is 2.46. The Kier molecular flexibility index (Phi) is 15.6. The van der Waals surface area contributed by atoms with Crippen LogP contribution in [0.1, 0.15) is 83.3 Å². The van der Waals surface area contributed by atoms with Crippen molar-refractivity contribution in [2.45, 2.75) is 92.0 Å². The van der Waals surface area contributed by atoms with Crippen LogP contribution >= 0.6 is 0 Å². The summed E-state index contributed by atoms with van der Waals surface area (Å²) in [5.74, 6) is 0.634. The summed E-state index contributed by atoms with van der Waals surface area (Å²) in [5, 5.41) is 10.5. The molecule has 2 atom stereocenters. The average Bonchev–Trinajstić information content (AvgIpc) is 3.32. The third kappa shape index (κ3) is 13.1. The number of Topliss-reactive ketones (excluding diaryl/α,β-unsaturated/α-hetero) is 1. The molecule has 1 aliphatic rings. The molecule has 0 spiro atoms. The van der Waals surface area contributed by atoms with Crippen molar-refractivity contribution < 1.29 is 4.79 Å². The van der Waals surface area contributed by atoms with Gasteiger partial charge in [-0.15, -0.1) is 6.58 Å². The molecule has 4 nitrogen and oxygen atoms in total. The van der Waals surface area contributed by atoms with E-state index in [1.54, 1.807) is 6.92 Å². The van der Waals surface area contributed by atoms with Gasteiger partial charge in [0.25, 0.3) is 0 Å². The molecule has 0 bridgehead atoms. The van der Waals surface area contributed by atoms with E-state index in [4.69, 9.17) is 0 Å². The highest BCUT2D eigenvalue weighted by atomic mass is 16.1. The summed E-state index contributed by atoms with van der Waals surface area (Å²) in [7, 11) is 0. The lowest BCUT2D eigenvalue weighted by atomic mass is 9.72. The van der Waals surface area contributed by atoms with Gasteiger partial charge in [-0.05, 0) is 77.7 Å². The highest BCUT2D eigenvalue weighted by molar-refractivity contribution is 5.77. The molecule has 0 amide bonds. The Balaban J connectivity index is 0.000000642. The number of carbonyl (C=O) groups is 1. The third-order valence-corrected chi connectivity index (χ3v) is 7.32. The second kappa shape index (κ2) is 17.5. The van der Waals surface area contributed by atoms with Crippen LogP contribution in [0, 0.1) is 25.2 Å². The van der Waals surface area contributed by atoms with Gasteiger partial charge in [-0.2, -0.15) is 0 Å². The number of aryl methyl sites for hydroxylation is 2. The van der Waals surface area contributed by atoms with Crippen molar-refractivity contribution in [3.63, 3.8) is 0 Å². The van der Waals surface area contributed by atoms with Crippen LogP contribution < -0.4 is 16.0 Å². The molecule has 35 heavy (non-hydrogen) atoms. The van der Waals surface area contributed by atoms with Gasteiger partial charge in [0.05, 0.1) is 6.54 Å². The van der Waals surface area contributed by atoms with Crippen LogP contribution in [0.3, 0.4) is 0 Å². The number of carbonyl (C=O) groups excluding carboxylic acids is 1. The maximum Gasteiger partial charge on any atom is 0.143 e. The standard InChI is InChI=1S/C23H43N3O.C8H10/c1-6-8-14-24-15-11-19(3)25-18-22(7-2)16-23(12-9-10-13-23)21(5)26-17-20(4)27;1-7-3-5-8(2)6-4-7/h7,21-22,24-26H,2-3,6,8-18H2,1,4-5H3;3-6H,1-2H3. The molecule has 4 heteroatoms. The minimum Gasteiger partial charge on any atom is -0.388 e. The van der Waals surface area contributed by atoms with Gasteiger partial charge in [-0.3, -0.25) is 4.79 Å². The molecule has 0 saturated heterocycles. The number of ketones is 1. The molecule has 3 N–H and O–H groups in total. The smallest absolute Gasteiger partial charge is 0.143 e. The zero-order valence-electron chi connectivity index (χ0n) is 23.3. The predicted octanol–water partition coefficient (Wildman–Crippen LogP) is 6.49. The lowest BCUT2D eigenvalue weighted by Gasteiger charge is -2.38. The number of nitrogens with one attached hydrogen (secondary N) is 3. The Morgan fingerprint density at radius 3 is 2.23 bits per heavy atom. The first-order chi connectivity index (χ1) is 16.7. The molecule has 1 fully saturated rings. The minimum atomic E-state index is 0.209. The van der Waals surface area contributed by atoms with Crippen molar-refractivity contribution in [3.8, 4) is 0 Å². The largest absolute Gasteiger partial charge is 0.388 e. The monoisotopic (exact) mass is 483 g/mol. The van der Waals surface area contributed by atoms with Crippen molar-refractivity contribution in [1.29, 1.82) is 0 Å². The SMILES string of the molecule is C=CC(CNC(=C)CCNCCCC)CC1(C(C)NCC(C)=O)CCCC1.Cc1ccc(C)cc1. The Bertz CT molecular complexity index is 713. The van der Waals surface area contributed by atoms with Crippen molar-refractivity contribution in [2.75, 3.05) is 26.2 Å². The summed E-state index contributed by atoms with van der Waals surface area (Å²) in [6, 6.07) is 8.84. The molecule has 1 aliphatic carbocycles. The van der Waals surface area contributed by atoms with Crippen molar-refractivity contribution in [3.05, 3.63) is 60.3 Å². The van der Waals surface area contributed by atoms with Gasteiger partial charge in [0.1, 0.15) is 5.78 Å². The molecule has 0 aromatic heterocycles. The van der Waals surface area contributed by atoms with Crippen LogP contribution in [0.15, 0.2) is 49.2 Å². The van der Waals surface area contributed by atoms with Gasteiger partial charge in [0, 0.05) is 24.8 Å². The maximum absolute atomic E-state index is 11.4. The first-order valence-corrected chi connectivity index (χ1v) is 13.7. The van der Waals surface area contributed by atoms with E-state index in [-0.39, 0.29) is 11.2 Å². The molecular weight excluding hydrogens is 430 g/mol. The van der Waals surface area contributed by atoms with Gasteiger partial charge in [-0.25, -0.2) is 0 Å². The summed E-state index contributed by atoms with van der Waals surface area (Å²) >= 11 is 0. The minimum absolute atomic E-state index is 0.209. The van der Waals surface area contributed by atoms with Gasteiger partial charge in [-0.1, -0.05) is 74.2 Å². The van der Waals surface area contributed by atoms with Crippen molar-refractivity contribution in [2.24, 2.45) is 11.3 Å². The fourth-order valence-corrected chi connectivity index (χ4v) is 4.83. The topological polar surface area (TPSA) is 53.2 Å². The van der Waals surface area contributed by atoms with Gasteiger partial charge in [0.15, 0.2) is 0 Å². The first-order valence-electron chi connectivity index (χ1n) is 13.7. The van der Waals surface area contributed by atoms with Gasteiger partial charge in [0.2, 0.25) is 0 Å². The van der Waals surface area contributed by atoms with E-state index in [2.05, 4.69) is 87.1 Å². The molecule has 0 aliphatic heterocycles. The van der Waals surface area contributed by atoms with E-state index in [0.717, 1.165) is 38.2 Å². The van der Waals surface area contributed by atoms with E-state index in [9.17, 15) is 4.79 Å². The molecule has 0 heterocycles. The molecule has 1 saturated carbocycles. The summed E-state index contributed by atoms with van der Waals surface area (Å²) in [6.07, 6.45) is 11.7. The van der Waals surface area contributed by atoms with Crippen LogP contribution in [0.25, 0.3) is 0 Å². The summed E-state index contributed by atoms with van der Waals surface area (Å²) < 4.78 is 0. The van der Waals surface area contributed by atoms with Crippen LogP contribution in [0.2, 0.25) is 0 Å². The lowest BCUT2D eigenvalue weighted by Crippen LogP contribution is -2.45. The van der Waals surface area contributed by atoms with Crippen LogP contribution in [0.5, 0.6) is 0 Å². The summed E-state index contributed by atoms with van der Waals surface area (Å²) in [4.78, 5) is 11.4. The van der Waals surface area contributed by atoms with E-state index >= 15 is 0 Å². The second-order valence-corrected chi connectivity index (χ2v) is 10.6. The molecule has 0 radical (unpaired) electrons. The summed E-state index contributed by atoms with van der Waals surface area (Å²) in [6.45, 7) is 22.0. The fourth-order valence-electron chi connectivity index (χ4n) is 4.83. The Morgan fingerprint density at radius 2 is 1.71 bits per heavy atom. The van der Waals surface area contributed by atoms with Gasteiger partial charge < -0.3 is 16.0 Å². The van der Waals surface area contributed by atoms with Crippen LogP contribution in [-0.2, 0) is 4.79 Å². The highest BCUT2D eigenvalue weighted by Gasteiger charge is 2.40. The molecule has 1 aromatic carbocycles. The van der Waals surface area contributed by atoms with E-state index in [1.807, 2.05) is 0 Å². The Labute approximate surface area is 216 Å². The van der Waals surface area contributed by atoms with E-state index < -0.39 is 0 Å². The number of hydrogen-bond acceptors (Lipinski definition) is 4. The van der Waals surface area contributed by atoms with E-state index in [1.165, 1.54) is 49.7 Å². The summed E-state index contributed by atoms with van der Waals surface area (Å²) in [5.41, 5.74) is 4.04. The quantitative estimate of drug-likeness (QED) is 0.186.